The number of imide groups is 2. The van der Waals surface area contributed by atoms with Crippen molar-refractivity contribution in [2.24, 2.45) is 0 Å². The maximum atomic E-state index is 13.2. The molecule has 3 aromatic rings. The molecule has 13 heteroatoms. The Morgan fingerprint density at radius 2 is 1.78 bits per heavy atom. The van der Waals surface area contributed by atoms with Crippen LogP contribution in [0.15, 0.2) is 60.2 Å². The van der Waals surface area contributed by atoms with Crippen LogP contribution in [0.1, 0.15) is 16.7 Å². The molecule has 2 N–H and O–H groups in total. The van der Waals surface area contributed by atoms with Crippen molar-refractivity contribution in [1.29, 1.82) is 0 Å². The van der Waals surface area contributed by atoms with E-state index in [1.165, 1.54) is 31.4 Å². The van der Waals surface area contributed by atoms with Gasteiger partial charge in [-0.1, -0.05) is 6.07 Å². The number of rotatable bonds is 8. The highest BCUT2D eigenvalue weighted by atomic mass is 127. The van der Waals surface area contributed by atoms with Gasteiger partial charge in [-0.25, -0.2) is 9.69 Å². The zero-order valence-electron chi connectivity index (χ0n) is 22.0. The van der Waals surface area contributed by atoms with Crippen LogP contribution in [0.2, 0.25) is 0 Å². The topological polar surface area (TPSA) is 157 Å². The standard InChI is InChI=1S/C28H23IN4O8/c1-15-4-5-18(10-16(15)2)30-24(34)14-41-25-22(29)12-17(13-23(25)40-3)11-21-26(35)31-28(37)32(27(21)36)19-6-8-20(9-7-19)33(38)39/h4-13H,14H2,1-3H3,(H,30,34)(H,31,35,37)/b21-11-. The zero-order chi connectivity index (χ0) is 29.8. The number of anilines is 2. The number of halogens is 1. The minimum Gasteiger partial charge on any atom is -0.493 e. The van der Waals surface area contributed by atoms with E-state index in [4.69, 9.17) is 9.47 Å². The number of amides is 5. The number of nitro groups is 1. The van der Waals surface area contributed by atoms with Gasteiger partial charge >= 0.3 is 6.03 Å². The highest BCUT2D eigenvalue weighted by molar-refractivity contribution is 14.1. The number of non-ortho nitro benzene ring substituents is 1. The molecule has 0 saturated carbocycles. The van der Waals surface area contributed by atoms with E-state index in [1.807, 2.05) is 48.6 Å². The molecule has 0 spiro atoms. The molecule has 210 valence electrons. The molecule has 0 bridgehead atoms. The predicted octanol–water partition coefficient (Wildman–Crippen LogP) is 4.51. The van der Waals surface area contributed by atoms with Crippen LogP contribution < -0.4 is 25.0 Å². The molecule has 0 atom stereocenters. The average Bonchev–Trinajstić information content (AvgIpc) is 2.92. The molecule has 1 aliphatic rings. The fourth-order valence-corrected chi connectivity index (χ4v) is 4.68. The summed E-state index contributed by atoms with van der Waals surface area (Å²) in [5, 5.41) is 15.8. The number of hydrogen-bond acceptors (Lipinski definition) is 8. The Bertz CT molecular complexity index is 1620. The van der Waals surface area contributed by atoms with Crippen molar-refractivity contribution in [1.82, 2.24) is 5.32 Å². The van der Waals surface area contributed by atoms with Crippen molar-refractivity contribution in [3.63, 3.8) is 0 Å². The third-order valence-corrected chi connectivity index (χ3v) is 6.92. The van der Waals surface area contributed by atoms with E-state index >= 15 is 0 Å². The molecule has 3 aromatic carbocycles. The first-order chi connectivity index (χ1) is 19.5. The highest BCUT2D eigenvalue weighted by Gasteiger charge is 2.37. The van der Waals surface area contributed by atoms with Crippen molar-refractivity contribution in [3.8, 4) is 11.5 Å². The highest BCUT2D eigenvalue weighted by Crippen LogP contribution is 2.35. The number of benzene rings is 3. The average molecular weight is 670 g/mol. The van der Waals surface area contributed by atoms with E-state index in [0.29, 0.717) is 19.7 Å². The van der Waals surface area contributed by atoms with Crippen molar-refractivity contribution >= 4 is 69.5 Å². The molecule has 4 rings (SSSR count). The molecule has 1 fully saturated rings. The van der Waals surface area contributed by atoms with Crippen LogP contribution >= 0.6 is 22.6 Å². The van der Waals surface area contributed by atoms with E-state index in [2.05, 4.69) is 10.6 Å². The summed E-state index contributed by atoms with van der Waals surface area (Å²) in [7, 11) is 1.40. The van der Waals surface area contributed by atoms with Crippen LogP contribution in [-0.4, -0.2) is 42.4 Å². The maximum Gasteiger partial charge on any atom is 0.335 e. The zero-order valence-corrected chi connectivity index (χ0v) is 24.2. The summed E-state index contributed by atoms with van der Waals surface area (Å²) in [6.45, 7) is 3.62. The second kappa shape index (κ2) is 12.2. The number of hydrogen-bond donors (Lipinski definition) is 2. The third kappa shape index (κ3) is 6.51. The van der Waals surface area contributed by atoms with E-state index in [1.54, 1.807) is 12.1 Å². The van der Waals surface area contributed by atoms with Crippen LogP contribution in [-0.2, 0) is 14.4 Å². The molecule has 0 aliphatic carbocycles. The van der Waals surface area contributed by atoms with Gasteiger partial charge in [0.05, 0.1) is 21.3 Å². The smallest absolute Gasteiger partial charge is 0.335 e. The molecule has 1 aliphatic heterocycles. The van der Waals surface area contributed by atoms with Crippen molar-refractivity contribution in [3.05, 3.63) is 90.5 Å². The normalized spacial score (nSPS) is 14.1. The van der Waals surface area contributed by atoms with Crippen LogP contribution in [0.25, 0.3) is 6.08 Å². The second-order valence-corrected chi connectivity index (χ2v) is 10.1. The Kier molecular flexibility index (Phi) is 8.66. The van der Waals surface area contributed by atoms with Gasteiger partial charge < -0.3 is 14.8 Å². The minimum atomic E-state index is -0.985. The number of barbiturate groups is 1. The number of carbonyl (C=O) groups excluding carboxylic acids is 4. The number of methoxy groups -OCH3 is 1. The number of urea groups is 1. The van der Waals surface area contributed by atoms with Crippen molar-refractivity contribution in [2.75, 3.05) is 23.9 Å². The van der Waals surface area contributed by atoms with Crippen molar-refractivity contribution < 1.29 is 33.6 Å². The lowest BCUT2D eigenvalue weighted by Crippen LogP contribution is -2.54. The summed E-state index contributed by atoms with van der Waals surface area (Å²) in [5.41, 5.74) is 2.64. The monoisotopic (exact) mass is 670 g/mol. The molecule has 0 aromatic heterocycles. The van der Waals surface area contributed by atoms with E-state index in [-0.39, 0.29) is 41.0 Å². The summed E-state index contributed by atoms with van der Waals surface area (Å²) in [4.78, 5) is 61.7. The van der Waals surface area contributed by atoms with Gasteiger partial charge in [0.15, 0.2) is 18.1 Å². The minimum absolute atomic E-state index is 0.0477. The Hall–Kier alpha value is -4.79. The van der Waals surface area contributed by atoms with Gasteiger partial charge in [0.2, 0.25) is 0 Å². The van der Waals surface area contributed by atoms with Crippen LogP contribution in [0.4, 0.5) is 21.9 Å². The molecule has 1 heterocycles. The third-order valence-electron chi connectivity index (χ3n) is 6.12. The fourth-order valence-electron chi connectivity index (χ4n) is 3.90. The number of carbonyl (C=O) groups is 4. The summed E-state index contributed by atoms with van der Waals surface area (Å²) in [6, 6.07) is 12.5. The van der Waals surface area contributed by atoms with Gasteiger partial charge in [0, 0.05) is 17.8 Å². The van der Waals surface area contributed by atoms with Crippen LogP contribution in [0, 0.1) is 27.5 Å². The number of nitrogens with one attached hydrogen (secondary N) is 2. The number of aryl methyl sites for hydroxylation is 2. The molecule has 12 nitrogen and oxygen atoms in total. The fraction of sp³-hybridized carbons (Fsp3) is 0.143. The van der Waals surface area contributed by atoms with Gasteiger partial charge in [0.1, 0.15) is 5.57 Å². The lowest BCUT2D eigenvalue weighted by Gasteiger charge is -2.26. The quantitative estimate of drug-likeness (QED) is 0.117. The lowest BCUT2D eigenvalue weighted by molar-refractivity contribution is -0.384. The lowest BCUT2D eigenvalue weighted by atomic mass is 10.1. The van der Waals surface area contributed by atoms with Gasteiger partial charge in [0.25, 0.3) is 23.4 Å². The predicted molar refractivity (Wildman–Crippen MR) is 158 cm³/mol. The van der Waals surface area contributed by atoms with Gasteiger partial charge in [-0.3, -0.25) is 29.8 Å². The summed E-state index contributed by atoms with van der Waals surface area (Å²) in [6.07, 6.45) is 1.28. The first kappa shape index (κ1) is 29.2. The maximum absolute atomic E-state index is 13.2. The summed E-state index contributed by atoms with van der Waals surface area (Å²) >= 11 is 1.97. The number of ether oxygens (including phenoxy) is 2. The van der Waals surface area contributed by atoms with Gasteiger partial charge in [-0.2, -0.15) is 0 Å². The molecular weight excluding hydrogens is 647 g/mol. The van der Waals surface area contributed by atoms with E-state index in [0.717, 1.165) is 23.3 Å². The Morgan fingerprint density at radius 3 is 2.41 bits per heavy atom. The Balaban J connectivity index is 1.55. The van der Waals surface area contributed by atoms with Crippen molar-refractivity contribution in [2.45, 2.75) is 13.8 Å². The van der Waals surface area contributed by atoms with Crippen LogP contribution in [0.5, 0.6) is 11.5 Å². The summed E-state index contributed by atoms with van der Waals surface area (Å²) < 4.78 is 11.7. The van der Waals surface area contributed by atoms with E-state index in [9.17, 15) is 29.3 Å². The summed E-state index contributed by atoms with van der Waals surface area (Å²) in [5.74, 6) is -1.67. The number of nitro benzene ring substituents is 1. The Labute approximate surface area is 247 Å². The second-order valence-electron chi connectivity index (χ2n) is 8.90. The molecule has 0 radical (unpaired) electrons. The number of nitrogens with zero attached hydrogens (tertiary/aromatic N) is 2. The first-order valence-corrected chi connectivity index (χ1v) is 13.1. The van der Waals surface area contributed by atoms with E-state index < -0.39 is 22.8 Å². The first-order valence-electron chi connectivity index (χ1n) is 12.0. The van der Waals surface area contributed by atoms with Gasteiger partial charge in [-0.05, 0) is 95.6 Å². The molecule has 41 heavy (non-hydrogen) atoms. The molecule has 1 saturated heterocycles. The van der Waals surface area contributed by atoms with Gasteiger partial charge in [-0.15, -0.1) is 0 Å². The molecule has 5 amide bonds. The Morgan fingerprint density at radius 1 is 1.07 bits per heavy atom. The molecular formula is C28H23IN4O8. The van der Waals surface area contributed by atoms with Crippen LogP contribution in [0.3, 0.4) is 0 Å². The molecule has 0 unspecified atom stereocenters. The largest absolute Gasteiger partial charge is 0.493 e. The SMILES string of the molecule is COc1cc(/C=C2/C(=O)NC(=O)N(c3ccc([N+](=O)[O-])cc3)C2=O)cc(I)c1OCC(=O)Nc1ccc(C)c(C)c1.